The fourth-order valence-corrected chi connectivity index (χ4v) is 5.41. The lowest BCUT2D eigenvalue weighted by atomic mass is 9.85. The summed E-state index contributed by atoms with van der Waals surface area (Å²) in [5.74, 6) is 0.485. The van der Waals surface area contributed by atoms with Crippen LogP contribution in [-0.2, 0) is 22.5 Å². The molecule has 228 valence electrons. The van der Waals surface area contributed by atoms with Crippen LogP contribution in [0, 0.1) is 6.92 Å². The second-order valence-corrected chi connectivity index (χ2v) is 13.4. The first-order chi connectivity index (χ1) is 20.7. The largest absolute Gasteiger partial charge is 0.494 e. The summed E-state index contributed by atoms with van der Waals surface area (Å²) in [6.45, 7) is 7.88. The predicted octanol–water partition coefficient (Wildman–Crippen LogP) is 5.57. The van der Waals surface area contributed by atoms with Crippen molar-refractivity contribution in [1.29, 1.82) is 0 Å². The van der Waals surface area contributed by atoms with Gasteiger partial charge in [-0.1, -0.05) is 62.4 Å². The van der Waals surface area contributed by atoms with Crippen LogP contribution in [0.15, 0.2) is 73.1 Å². The molecule has 0 aliphatic carbocycles. The third-order valence-corrected chi connectivity index (χ3v) is 7.78. The molecule has 2 aromatic heterocycles. The van der Waals surface area contributed by atoms with Crippen LogP contribution in [0.5, 0.6) is 5.75 Å². The number of benzene rings is 3. The van der Waals surface area contributed by atoms with Gasteiger partial charge >= 0.3 is 0 Å². The van der Waals surface area contributed by atoms with E-state index in [0.29, 0.717) is 11.4 Å². The number of carbonyl (C=O) groups excluding carboxylic acids is 1. The summed E-state index contributed by atoms with van der Waals surface area (Å²) in [5, 5.41) is 11.7. The molecule has 3 aromatic carbocycles. The van der Waals surface area contributed by atoms with Gasteiger partial charge in [0.1, 0.15) is 11.5 Å². The molecule has 0 atom stereocenters. The van der Waals surface area contributed by atoms with Gasteiger partial charge < -0.3 is 14.6 Å². The Labute approximate surface area is 257 Å². The van der Waals surface area contributed by atoms with Crippen molar-refractivity contribution in [2.24, 2.45) is 7.05 Å². The van der Waals surface area contributed by atoms with Crippen molar-refractivity contribution in [1.82, 2.24) is 24.5 Å². The molecular formula is C32H35N7O4S. The zero-order chi connectivity index (χ0) is 31.8. The SMILES string of the molecule is COc1c(NS(C)(=O)=O)cc(C(C)(C)C)cc1C(=O)Nc1ccc(C)c(-n2cc(-c3cnc(-c4ccccc4)n3C)nn2)c1. The standard InChI is InChI=1S/C32H35N7O4S/c1-20-13-14-23(34-31(40)24-15-22(32(2,3)4)16-25(29(24)43-6)36-44(7,41)42)17-27(20)39-19-26(35-37-39)28-18-33-30(38(28)5)21-11-9-8-10-12-21/h8-19,36H,1-7H3,(H,34,40). The molecule has 44 heavy (non-hydrogen) atoms. The van der Waals surface area contributed by atoms with Gasteiger partial charge in [-0.2, -0.15) is 0 Å². The van der Waals surface area contributed by atoms with E-state index >= 15 is 0 Å². The molecule has 0 spiro atoms. The Kier molecular flexibility index (Phi) is 8.04. The molecule has 0 radical (unpaired) electrons. The van der Waals surface area contributed by atoms with E-state index in [1.807, 2.05) is 81.9 Å². The molecule has 2 heterocycles. The molecule has 0 aliphatic heterocycles. The molecule has 0 bridgehead atoms. The molecule has 5 aromatic rings. The first-order valence-corrected chi connectivity index (χ1v) is 15.8. The van der Waals surface area contributed by atoms with Gasteiger partial charge in [0.2, 0.25) is 10.0 Å². The quantitative estimate of drug-likeness (QED) is 0.234. The number of ether oxygens (including phenoxy) is 1. The number of hydrogen-bond acceptors (Lipinski definition) is 7. The molecule has 12 heteroatoms. The number of amides is 1. The number of hydrogen-bond donors (Lipinski definition) is 2. The van der Waals surface area contributed by atoms with Crippen molar-refractivity contribution in [3.05, 3.63) is 89.7 Å². The molecule has 0 saturated heterocycles. The highest BCUT2D eigenvalue weighted by Gasteiger charge is 2.25. The van der Waals surface area contributed by atoms with Gasteiger partial charge in [0.05, 0.1) is 48.4 Å². The highest BCUT2D eigenvalue weighted by atomic mass is 32.2. The van der Waals surface area contributed by atoms with E-state index in [1.165, 1.54) is 7.11 Å². The maximum absolute atomic E-state index is 13.7. The monoisotopic (exact) mass is 613 g/mol. The summed E-state index contributed by atoms with van der Waals surface area (Å²) in [4.78, 5) is 18.2. The number of nitrogens with zero attached hydrogens (tertiary/aromatic N) is 5. The molecule has 5 rings (SSSR count). The number of aromatic nitrogens is 5. The Morgan fingerprint density at radius 3 is 2.41 bits per heavy atom. The minimum absolute atomic E-state index is 0.125. The normalized spacial score (nSPS) is 11.8. The van der Waals surface area contributed by atoms with Crippen molar-refractivity contribution in [2.45, 2.75) is 33.1 Å². The van der Waals surface area contributed by atoms with E-state index < -0.39 is 15.9 Å². The number of aryl methyl sites for hydroxylation is 1. The lowest BCUT2D eigenvalue weighted by Crippen LogP contribution is -2.20. The van der Waals surface area contributed by atoms with Gasteiger partial charge in [-0.25, -0.2) is 18.1 Å². The Morgan fingerprint density at radius 1 is 1.02 bits per heavy atom. The van der Waals surface area contributed by atoms with Crippen LogP contribution < -0.4 is 14.8 Å². The maximum atomic E-state index is 13.7. The second-order valence-electron chi connectivity index (χ2n) is 11.6. The number of anilines is 2. The summed E-state index contributed by atoms with van der Waals surface area (Å²) in [5.41, 5.74) is 5.39. The average Bonchev–Trinajstić information content (AvgIpc) is 3.59. The van der Waals surface area contributed by atoms with Crippen LogP contribution in [0.1, 0.15) is 42.3 Å². The van der Waals surface area contributed by atoms with Crippen LogP contribution in [0.4, 0.5) is 11.4 Å². The van der Waals surface area contributed by atoms with Crippen molar-refractivity contribution >= 4 is 27.3 Å². The Morgan fingerprint density at radius 2 is 1.75 bits per heavy atom. The van der Waals surface area contributed by atoms with Crippen LogP contribution in [0.3, 0.4) is 0 Å². The Bertz CT molecular complexity index is 1960. The highest BCUT2D eigenvalue weighted by molar-refractivity contribution is 7.92. The van der Waals surface area contributed by atoms with Gasteiger partial charge in [0.15, 0.2) is 5.75 Å². The van der Waals surface area contributed by atoms with Crippen molar-refractivity contribution in [2.75, 3.05) is 23.4 Å². The zero-order valence-corrected chi connectivity index (χ0v) is 26.5. The molecule has 2 N–H and O–H groups in total. The van der Waals surface area contributed by atoms with E-state index in [1.54, 1.807) is 35.1 Å². The minimum atomic E-state index is -3.63. The van der Waals surface area contributed by atoms with E-state index in [9.17, 15) is 13.2 Å². The van der Waals surface area contributed by atoms with Crippen LogP contribution in [0.2, 0.25) is 0 Å². The molecule has 0 unspecified atom stereocenters. The lowest BCUT2D eigenvalue weighted by molar-refractivity contribution is 0.102. The van der Waals surface area contributed by atoms with Gasteiger partial charge in [0.25, 0.3) is 5.91 Å². The van der Waals surface area contributed by atoms with E-state index in [0.717, 1.165) is 40.2 Å². The average molecular weight is 614 g/mol. The number of sulfonamides is 1. The Balaban J connectivity index is 1.46. The molecular weight excluding hydrogens is 578 g/mol. The number of methoxy groups -OCH3 is 1. The van der Waals surface area contributed by atoms with E-state index in [-0.39, 0.29) is 22.4 Å². The Hall–Kier alpha value is -4.97. The van der Waals surface area contributed by atoms with Crippen molar-refractivity contribution in [3.63, 3.8) is 0 Å². The minimum Gasteiger partial charge on any atom is -0.494 e. The third kappa shape index (κ3) is 6.35. The summed E-state index contributed by atoms with van der Waals surface area (Å²) in [7, 11) is -0.299. The van der Waals surface area contributed by atoms with E-state index in [2.05, 4.69) is 25.3 Å². The van der Waals surface area contributed by atoms with Crippen LogP contribution >= 0.6 is 0 Å². The third-order valence-electron chi connectivity index (χ3n) is 7.19. The summed E-state index contributed by atoms with van der Waals surface area (Å²) in [6, 6.07) is 18.8. The first kappa shape index (κ1) is 30.5. The van der Waals surface area contributed by atoms with E-state index in [4.69, 9.17) is 4.74 Å². The maximum Gasteiger partial charge on any atom is 0.259 e. The smallest absolute Gasteiger partial charge is 0.259 e. The summed E-state index contributed by atoms with van der Waals surface area (Å²) >= 11 is 0. The second kappa shape index (κ2) is 11.6. The number of nitrogens with one attached hydrogen (secondary N) is 2. The molecule has 0 fully saturated rings. The molecule has 11 nitrogen and oxygen atoms in total. The van der Waals surface area contributed by atoms with Gasteiger partial charge in [-0.05, 0) is 47.7 Å². The topological polar surface area (TPSA) is 133 Å². The summed E-state index contributed by atoms with van der Waals surface area (Å²) < 4.78 is 35.8. The zero-order valence-electron chi connectivity index (χ0n) is 25.7. The van der Waals surface area contributed by atoms with Crippen molar-refractivity contribution in [3.8, 4) is 34.2 Å². The first-order valence-electron chi connectivity index (χ1n) is 13.9. The van der Waals surface area contributed by atoms with Crippen LogP contribution in [-0.4, -0.2) is 52.2 Å². The lowest BCUT2D eigenvalue weighted by Gasteiger charge is -2.23. The number of rotatable bonds is 8. The van der Waals surface area contributed by atoms with Gasteiger partial charge in [-0.3, -0.25) is 9.52 Å². The van der Waals surface area contributed by atoms with Crippen LogP contribution in [0.25, 0.3) is 28.5 Å². The fourth-order valence-electron chi connectivity index (χ4n) is 4.86. The fraction of sp³-hybridized carbons (Fsp3) is 0.250. The molecule has 0 aliphatic rings. The number of imidazole rings is 1. The number of carbonyl (C=O) groups is 1. The predicted molar refractivity (Wildman–Crippen MR) is 172 cm³/mol. The molecule has 1 amide bonds. The van der Waals surface area contributed by atoms with Gasteiger partial charge in [-0.15, -0.1) is 5.10 Å². The molecule has 0 saturated carbocycles. The van der Waals surface area contributed by atoms with Crippen molar-refractivity contribution < 1.29 is 17.9 Å². The van der Waals surface area contributed by atoms with Gasteiger partial charge in [0, 0.05) is 18.3 Å². The summed E-state index contributed by atoms with van der Waals surface area (Å²) in [6.07, 6.45) is 4.64. The highest BCUT2D eigenvalue weighted by Crippen LogP contribution is 2.36.